The minimum atomic E-state index is -1.40. The van der Waals surface area contributed by atoms with Gasteiger partial charge >= 0.3 is 11.9 Å². The van der Waals surface area contributed by atoms with Gasteiger partial charge < -0.3 is 35.1 Å². The normalized spacial score (nSPS) is 37.8. The van der Waals surface area contributed by atoms with Gasteiger partial charge in [0, 0.05) is 37.6 Å². The Hall–Kier alpha value is -2.32. The summed E-state index contributed by atoms with van der Waals surface area (Å²) in [4.78, 5) is 59.7. The third-order valence-electron chi connectivity index (χ3n) is 8.87. The Balaban J connectivity index is 1.22. The number of carboxylic acids is 1. The monoisotopic (exact) mass is 570 g/mol. The molecule has 0 aromatic rings. The van der Waals surface area contributed by atoms with Gasteiger partial charge in [0.2, 0.25) is 23.9 Å². The minimum Gasteiger partial charge on any atom is -0.480 e. The maximum atomic E-state index is 12.7. The number of esters is 1. The van der Waals surface area contributed by atoms with Crippen LogP contribution in [0.5, 0.6) is 0 Å². The molecule has 1 spiro atoms. The molecule has 0 aromatic heterocycles. The first-order valence-corrected chi connectivity index (χ1v) is 14.2. The van der Waals surface area contributed by atoms with Crippen molar-refractivity contribution >= 4 is 23.8 Å². The molecule has 2 bridgehead atoms. The summed E-state index contributed by atoms with van der Waals surface area (Å²) < 4.78 is 18.2. The van der Waals surface area contributed by atoms with Crippen molar-refractivity contribution < 1.29 is 53.4 Å². The van der Waals surface area contributed by atoms with Gasteiger partial charge in [0.25, 0.3) is 0 Å². The second kappa shape index (κ2) is 12.3. The third kappa shape index (κ3) is 6.28. The van der Waals surface area contributed by atoms with Crippen LogP contribution >= 0.6 is 0 Å². The van der Waals surface area contributed by atoms with Crippen molar-refractivity contribution in [3.8, 4) is 0 Å². The molecule has 4 N–H and O–H groups in total. The van der Waals surface area contributed by atoms with Gasteiger partial charge in [-0.3, -0.25) is 14.4 Å². The maximum absolute atomic E-state index is 12.7. The largest absolute Gasteiger partial charge is 0.480 e. The summed E-state index contributed by atoms with van der Waals surface area (Å²) in [6.07, 6.45) is 0.639. The molecule has 0 unspecified atom stereocenters. The number of carbonyl (C=O) groups is 4. The molecule has 13 heteroatoms. The van der Waals surface area contributed by atoms with Crippen molar-refractivity contribution in [3.05, 3.63) is 0 Å². The van der Waals surface area contributed by atoms with Crippen LogP contribution in [-0.2, 0) is 43.2 Å². The highest BCUT2D eigenvalue weighted by Crippen LogP contribution is 2.60. The van der Waals surface area contributed by atoms with Crippen molar-refractivity contribution in [2.24, 2.45) is 23.7 Å². The van der Waals surface area contributed by atoms with Gasteiger partial charge in [-0.2, -0.15) is 0 Å². The van der Waals surface area contributed by atoms with E-state index >= 15 is 0 Å². The first kappa shape index (κ1) is 30.6. The molecule has 226 valence electrons. The van der Waals surface area contributed by atoms with Crippen LogP contribution in [0, 0.1) is 23.7 Å². The summed E-state index contributed by atoms with van der Waals surface area (Å²) in [6.45, 7) is 7.46. The van der Waals surface area contributed by atoms with Crippen molar-refractivity contribution in [1.29, 1.82) is 0 Å². The smallest absolute Gasteiger partial charge is 0.328 e. The summed E-state index contributed by atoms with van der Waals surface area (Å²) >= 11 is 0. The lowest BCUT2D eigenvalue weighted by molar-refractivity contribution is -0.576. The van der Waals surface area contributed by atoms with E-state index in [9.17, 15) is 24.3 Å². The Labute approximate surface area is 233 Å². The summed E-state index contributed by atoms with van der Waals surface area (Å²) in [6, 6.07) is -1.40. The Kier molecular flexibility index (Phi) is 9.40. The zero-order chi connectivity index (χ0) is 29.2. The molecule has 5 fully saturated rings. The maximum Gasteiger partial charge on any atom is 0.328 e. The lowest BCUT2D eigenvalue weighted by Gasteiger charge is -2.59. The second-order valence-electron chi connectivity index (χ2n) is 11.8. The first-order chi connectivity index (χ1) is 18.9. The number of carboxylic acid groups (broad SMARTS) is 1. The van der Waals surface area contributed by atoms with E-state index in [4.69, 9.17) is 29.1 Å². The summed E-state index contributed by atoms with van der Waals surface area (Å²) in [5.74, 6) is -3.30. The van der Waals surface area contributed by atoms with E-state index < -0.39 is 54.0 Å². The van der Waals surface area contributed by atoms with E-state index in [0.29, 0.717) is 12.3 Å². The number of carbonyl (C=O) groups excluding carboxylic acids is 3. The van der Waals surface area contributed by atoms with Crippen LogP contribution in [0.2, 0.25) is 0 Å². The highest BCUT2D eigenvalue weighted by molar-refractivity contribution is 5.84. The third-order valence-corrected chi connectivity index (χ3v) is 8.87. The molecule has 4 saturated heterocycles. The number of hydrogen-bond donors (Lipinski definition) is 4. The van der Waals surface area contributed by atoms with Crippen LogP contribution in [0.3, 0.4) is 0 Å². The fourth-order valence-electron chi connectivity index (χ4n) is 6.61. The topological polar surface area (TPSA) is 179 Å². The number of ether oxygens (including phenoxy) is 3. The standard InChI is InChI=1S/C27H42N2O11/c1-14-7-8-18-15(2)24(37-25-27(18)17(14)11-12-26(4,38-25)39-40-27)36-21(33)10-9-19(31)28-13-5-6-20(32)29-22(16(3)30)23(34)35/h14-18,22,24-25,30H,5-13H2,1-4H3,(H,28,31)(H,29,32)(H,34,35)/t14-,15-,16-,17+,18-,22+,24-,25+,26+,27-/m1/s1. The molecule has 1 saturated carbocycles. The molecule has 10 atom stereocenters. The molecule has 4 heterocycles. The fraction of sp³-hybridized carbons (Fsp3) is 0.852. The molecule has 2 amide bonds. The van der Waals surface area contributed by atoms with Gasteiger partial charge in [0.1, 0.15) is 0 Å². The SMILES string of the molecule is C[C@H]1[C@H](OC(=O)CCC(=O)NCCCC(=O)N[C@H](C(=O)O)[C@@H](C)O)O[C@H]2O[C@]3(C)CC[C@H]4[C@H](C)CC[C@H]1[C@@]24OO3. The quantitative estimate of drug-likeness (QED) is 0.160. The zero-order valence-corrected chi connectivity index (χ0v) is 23.6. The predicted octanol–water partition coefficient (Wildman–Crippen LogP) is 1.36. The molecular formula is C27H42N2O11. The lowest BCUT2D eigenvalue weighted by atomic mass is 9.58. The average molecular weight is 571 g/mol. The average Bonchev–Trinajstić information content (AvgIpc) is 3.12. The zero-order valence-electron chi connectivity index (χ0n) is 23.6. The van der Waals surface area contributed by atoms with Crippen LogP contribution in [0.15, 0.2) is 0 Å². The van der Waals surface area contributed by atoms with E-state index in [1.54, 1.807) is 0 Å². The second-order valence-corrected chi connectivity index (χ2v) is 11.8. The number of fused-ring (bicyclic) bond motifs is 2. The van der Waals surface area contributed by atoms with Gasteiger partial charge in [-0.05, 0) is 51.4 Å². The van der Waals surface area contributed by atoms with Gasteiger partial charge in [-0.1, -0.05) is 13.8 Å². The van der Waals surface area contributed by atoms with Crippen LogP contribution in [0.1, 0.15) is 79.1 Å². The predicted molar refractivity (Wildman–Crippen MR) is 136 cm³/mol. The van der Waals surface area contributed by atoms with Crippen LogP contribution in [0.25, 0.3) is 0 Å². The van der Waals surface area contributed by atoms with Crippen LogP contribution < -0.4 is 10.6 Å². The highest BCUT2D eigenvalue weighted by atomic mass is 17.3. The lowest BCUT2D eigenvalue weighted by Crippen LogP contribution is -2.70. The van der Waals surface area contributed by atoms with E-state index in [-0.39, 0.29) is 55.9 Å². The van der Waals surface area contributed by atoms with Gasteiger partial charge in [0.15, 0.2) is 17.9 Å². The summed E-state index contributed by atoms with van der Waals surface area (Å²) in [5.41, 5.74) is -0.752. The number of nitrogens with one attached hydrogen (secondary N) is 2. The van der Waals surface area contributed by atoms with Gasteiger partial charge in [-0.25, -0.2) is 14.6 Å². The van der Waals surface area contributed by atoms with Crippen molar-refractivity contribution in [2.75, 3.05) is 6.54 Å². The first-order valence-electron chi connectivity index (χ1n) is 14.2. The number of rotatable bonds is 11. The molecule has 5 rings (SSSR count). The molecule has 4 aliphatic heterocycles. The van der Waals surface area contributed by atoms with Gasteiger partial charge in [0.05, 0.1) is 12.5 Å². The van der Waals surface area contributed by atoms with Gasteiger partial charge in [-0.15, -0.1) is 0 Å². The van der Waals surface area contributed by atoms with Crippen molar-refractivity contribution in [2.45, 2.75) is 115 Å². The van der Waals surface area contributed by atoms with E-state index in [1.165, 1.54) is 6.92 Å². The Morgan fingerprint density at radius 2 is 1.77 bits per heavy atom. The van der Waals surface area contributed by atoms with E-state index in [2.05, 4.69) is 17.6 Å². The summed E-state index contributed by atoms with van der Waals surface area (Å²) in [7, 11) is 0. The highest BCUT2D eigenvalue weighted by Gasteiger charge is 2.69. The number of aliphatic carboxylic acids is 1. The number of aliphatic hydroxyl groups is 1. The van der Waals surface area contributed by atoms with Crippen LogP contribution in [-0.4, -0.2) is 76.6 Å². The van der Waals surface area contributed by atoms with Crippen molar-refractivity contribution in [3.63, 3.8) is 0 Å². The molecule has 13 nitrogen and oxygen atoms in total. The number of hydrogen-bond acceptors (Lipinski definition) is 10. The molecule has 1 aliphatic carbocycles. The molecule has 40 heavy (non-hydrogen) atoms. The van der Waals surface area contributed by atoms with E-state index in [1.807, 2.05) is 13.8 Å². The Morgan fingerprint density at radius 1 is 1.02 bits per heavy atom. The molecular weight excluding hydrogens is 528 g/mol. The van der Waals surface area contributed by atoms with Crippen LogP contribution in [0.4, 0.5) is 0 Å². The number of aliphatic hydroxyl groups excluding tert-OH is 1. The van der Waals surface area contributed by atoms with E-state index in [0.717, 1.165) is 19.3 Å². The summed E-state index contributed by atoms with van der Waals surface area (Å²) in [5, 5.41) is 23.3. The Bertz CT molecular complexity index is 976. The minimum absolute atomic E-state index is 0.0137. The fourth-order valence-corrected chi connectivity index (χ4v) is 6.61. The van der Waals surface area contributed by atoms with Crippen molar-refractivity contribution in [1.82, 2.24) is 10.6 Å². The molecule has 0 aromatic carbocycles. The molecule has 5 aliphatic rings. The molecule has 0 radical (unpaired) electrons. The number of amides is 2. The Morgan fingerprint density at radius 3 is 2.48 bits per heavy atom.